The molecule has 0 aromatic heterocycles. The second kappa shape index (κ2) is 5.45. The Morgan fingerprint density at radius 1 is 0.909 bits per heavy atom. The molecule has 2 aromatic carbocycles. The van der Waals surface area contributed by atoms with Gasteiger partial charge >= 0.3 is 7.12 Å². The molecule has 1 aliphatic carbocycles. The predicted molar refractivity (Wildman–Crippen MR) is 89.8 cm³/mol. The molecule has 0 amide bonds. The minimum Gasteiger partial charge on any atom is -0.423 e. The highest BCUT2D eigenvalue weighted by atomic mass is 16.4. The summed E-state index contributed by atoms with van der Waals surface area (Å²) in [6.07, 6.45) is 4.85. The van der Waals surface area contributed by atoms with Crippen LogP contribution in [0.3, 0.4) is 0 Å². The molecule has 1 fully saturated rings. The number of anilines is 2. The van der Waals surface area contributed by atoms with E-state index in [-0.39, 0.29) is 0 Å². The van der Waals surface area contributed by atoms with Gasteiger partial charge in [0.25, 0.3) is 0 Å². The molecular formula is C18H20BNO2. The maximum Gasteiger partial charge on any atom is 0.490 e. The maximum atomic E-state index is 9.82. The van der Waals surface area contributed by atoms with Crippen molar-refractivity contribution >= 4 is 24.0 Å². The molecule has 0 bridgehead atoms. The van der Waals surface area contributed by atoms with Crippen molar-refractivity contribution < 1.29 is 10.0 Å². The lowest BCUT2D eigenvalue weighted by molar-refractivity contribution is 0.402. The number of nitrogens with zero attached hydrogens (tertiary/aromatic N) is 1. The maximum absolute atomic E-state index is 9.82. The Balaban J connectivity index is 1.91. The molecule has 0 saturated heterocycles. The fraction of sp³-hybridized carbons (Fsp3) is 0.333. The van der Waals surface area contributed by atoms with Gasteiger partial charge in [-0.05, 0) is 30.5 Å². The monoisotopic (exact) mass is 293 g/mol. The summed E-state index contributed by atoms with van der Waals surface area (Å²) in [5, 5.41) is 19.6. The molecule has 2 N–H and O–H groups in total. The molecule has 2 aromatic rings. The topological polar surface area (TPSA) is 43.7 Å². The zero-order valence-electron chi connectivity index (χ0n) is 12.5. The molecule has 1 aliphatic heterocycles. The van der Waals surface area contributed by atoms with Crippen molar-refractivity contribution in [1.29, 1.82) is 0 Å². The number of benzene rings is 2. The normalized spacial score (nSPS) is 23.1. The molecule has 4 rings (SSSR count). The first-order valence-corrected chi connectivity index (χ1v) is 8.10. The summed E-state index contributed by atoms with van der Waals surface area (Å²) in [7, 11) is -1.43. The van der Waals surface area contributed by atoms with E-state index in [2.05, 4.69) is 23.1 Å². The smallest absolute Gasteiger partial charge is 0.423 e. The van der Waals surface area contributed by atoms with Crippen LogP contribution in [-0.4, -0.2) is 23.2 Å². The lowest BCUT2D eigenvalue weighted by Crippen LogP contribution is -2.38. The van der Waals surface area contributed by atoms with Crippen LogP contribution in [0.1, 0.15) is 37.2 Å². The van der Waals surface area contributed by atoms with Crippen LogP contribution in [0.25, 0.3) is 0 Å². The van der Waals surface area contributed by atoms with Gasteiger partial charge in [0.2, 0.25) is 0 Å². The average molecular weight is 293 g/mol. The molecule has 0 spiro atoms. The van der Waals surface area contributed by atoms with Crippen molar-refractivity contribution in [3.63, 3.8) is 0 Å². The molecule has 4 heteroatoms. The van der Waals surface area contributed by atoms with Gasteiger partial charge in [0.05, 0.1) is 0 Å². The SMILES string of the molecule is OB(O)c1cccc2c1N(c1ccccc1)C1CCCCC21. The second-order valence-electron chi connectivity index (χ2n) is 6.32. The number of para-hydroxylation sites is 2. The highest BCUT2D eigenvalue weighted by Gasteiger charge is 2.42. The highest BCUT2D eigenvalue weighted by molar-refractivity contribution is 6.60. The predicted octanol–water partition coefficient (Wildman–Crippen LogP) is 2.54. The fourth-order valence-corrected chi connectivity index (χ4v) is 4.22. The number of hydrogen-bond acceptors (Lipinski definition) is 3. The molecule has 2 aliphatic rings. The van der Waals surface area contributed by atoms with Gasteiger partial charge in [0.1, 0.15) is 0 Å². The number of rotatable bonds is 2. The van der Waals surface area contributed by atoms with Crippen molar-refractivity contribution in [3.05, 3.63) is 54.1 Å². The van der Waals surface area contributed by atoms with Crippen LogP contribution < -0.4 is 10.4 Å². The van der Waals surface area contributed by atoms with E-state index >= 15 is 0 Å². The largest absolute Gasteiger partial charge is 0.490 e. The van der Waals surface area contributed by atoms with Gasteiger partial charge in [0, 0.05) is 28.8 Å². The first kappa shape index (κ1) is 13.9. The summed E-state index contributed by atoms with van der Waals surface area (Å²) >= 11 is 0. The van der Waals surface area contributed by atoms with E-state index in [1.807, 2.05) is 30.3 Å². The van der Waals surface area contributed by atoms with Crippen LogP contribution in [-0.2, 0) is 0 Å². The molecule has 22 heavy (non-hydrogen) atoms. The van der Waals surface area contributed by atoms with Crippen LogP contribution >= 0.6 is 0 Å². The van der Waals surface area contributed by atoms with E-state index < -0.39 is 7.12 Å². The zero-order chi connectivity index (χ0) is 15.1. The Morgan fingerprint density at radius 2 is 1.68 bits per heavy atom. The molecule has 2 unspecified atom stereocenters. The summed E-state index contributed by atoms with van der Waals surface area (Å²) in [5.74, 6) is 0.502. The van der Waals surface area contributed by atoms with E-state index in [9.17, 15) is 10.0 Å². The molecule has 1 heterocycles. The van der Waals surface area contributed by atoms with Crippen molar-refractivity contribution in [2.45, 2.75) is 37.6 Å². The third-order valence-electron chi connectivity index (χ3n) is 5.11. The summed E-state index contributed by atoms with van der Waals surface area (Å²) < 4.78 is 0. The lowest BCUT2D eigenvalue weighted by Gasteiger charge is -2.34. The van der Waals surface area contributed by atoms with Gasteiger partial charge in [-0.25, -0.2) is 0 Å². The number of fused-ring (bicyclic) bond motifs is 3. The van der Waals surface area contributed by atoms with Crippen molar-refractivity contribution in [1.82, 2.24) is 0 Å². The average Bonchev–Trinajstić information content (AvgIpc) is 2.90. The van der Waals surface area contributed by atoms with E-state index in [1.165, 1.54) is 24.8 Å². The Morgan fingerprint density at radius 3 is 2.45 bits per heavy atom. The van der Waals surface area contributed by atoms with Crippen LogP contribution in [0.5, 0.6) is 0 Å². The Bertz CT molecular complexity index is 674. The first-order valence-electron chi connectivity index (χ1n) is 8.10. The summed E-state index contributed by atoms with van der Waals surface area (Å²) in [6, 6.07) is 16.7. The van der Waals surface area contributed by atoms with Crippen LogP contribution in [0.15, 0.2) is 48.5 Å². The minimum atomic E-state index is -1.43. The molecule has 3 nitrogen and oxygen atoms in total. The van der Waals surface area contributed by atoms with Gasteiger partial charge in [-0.3, -0.25) is 0 Å². The quantitative estimate of drug-likeness (QED) is 0.836. The molecule has 1 saturated carbocycles. The highest BCUT2D eigenvalue weighted by Crippen LogP contribution is 2.50. The van der Waals surface area contributed by atoms with Gasteiger partial charge in [-0.15, -0.1) is 0 Å². The second-order valence-corrected chi connectivity index (χ2v) is 6.32. The summed E-state index contributed by atoms with van der Waals surface area (Å²) in [6.45, 7) is 0. The molecule has 0 radical (unpaired) electrons. The standard InChI is InChI=1S/C18H20BNO2/c21-19(22)16-11-6-10-15-14-9-4-5-12-17(14)20(18(15)16)13-7-2-1-3-8-13/h1-3,6-8,10-11,14,17,21-22H,4-5,9,12H2. The van der Waals surface area contributed by atoms with Crippen LogP contribution in [0.2, 0.25) is 0 Å². The number of hydrogen-bond donors (Lipinski definition) is 2. The van der Waals surface area contributed by atoms with E-state index in [0.717, 1.165) is 17.8 Å². The fourth-order valence-electron chi connectivity index (χ4n) is 4.22. The Kier molecular flexibility index (Phi) is 3.43. The lowest BCUT2D eigenvalue weighted by atomic mass is 9.76. The molecule has 112 valence electrons. The first-order chi connectivity index (χ1) is 10.8. The van der Waals surface area contributed by atoms with Crippen molar-refractivity contribution in [3.8, 4) is 0 Å². The van der Waals surface area contributed by atoms with E-state index in [4.69, 9.17) is 0 Å². The Hall–Kier alpha value is -1.78. The third kappa shape index (κ3) is 2.06. The van der Waals surface area contributed by atoms with Gasteiger partial charge in [-0.2, -0.15) is 0 Å². The van der Waals surface area contributed by atoms with E-state index in [1.54, 1.807) is 0 Å². The van der Waals surface area contributed by atoms with Gasteiger partial charge in [0.15, 0.2) is 0 Å². The zero-order valence-corrected chi connectivity index (χ0v) is 12.5. The minimum absolute atomic E-state index is 0.436. The van der Waals surface area contributed by atoms with Gasteiger partial charge in [-0.1, -0.05) is 49.2 Å². The van der Waals surface area contributed by atoms with Gasteiger partial charge < -0.3 is 14.9 Å². The molecule has 2 atom stereocenters. The van der Waals surface area contributed by atoms with Crippen molar-refractivity contribution in [2.24, 2.45) is 0 Å². The van der Waals surface area contributed by atoms with Crippen molar-refractivity contribution in [2.75, 3.05) is 4.90 Å². The van der Waals surface area contributed by atoms with Crippen LogP contribution in [0.4, 0.5) is 11.4 Å². The summed E-state index contributed by atoms with van der Waals surface area (Å²) in [4.78, 5) is 2.34. The summed E-state index contributed by atoms with van der Waals surface area (Å²) in [5.41, 5.74) is 4.06. The third-order valence-corrected chi connectivity index (χ3v) is 5.11. The molecular weight excluding hydrogens is 273 g/mol. The van der Waals surface area contributed by atoms with E-state index in [0.29, 0.717) is 17.4 Å². The Labute approximate surface area is 131 Å². The van der Waals surface area contributed by atoms with Crippen LogP contribution in [0, 0.1) is 0 Å².